The summed E-state index contributed by atoms with van der Waals surface area (Å²) in [6.45, 7) is 2.72. The number of halogens is 2. The number of aliphatic imine (C=N–C) groups is 1. The standard InChI is InChI=1S/C20H30F2N4O3/c1-14-6-3-4-8-26(14)9-5-7-24-20(23-2)25-12-15-10-17-18(28-13-27-17)11-16(15)29-19(21)22/h10-11,14,19H,3-9,12-13H2,1-2H3,(H2,23,24,25). The van der Waals surface area contributed by atoms with Crippen LogP contribution in [0.15, 0.2) is 17.1 Å². The van der Waals surface area contributed by atoms with E-state index >= 15 is 0 Å². The first-order chi connectivity index (χ1) is 14.1. The minimum Gasteiger partial charge on any atom is -0.454 e. The molecule has 1 unspecified atom stereocenters. The fraction of sp³-hybridized carbons (Fsp3) is 0.650. The summed E-state index contributed by atoms with van der Waals surface area (Å²) in [5, 5.41) is 6.42. The van der Waals surface area contributed by atoms with Gasteiger partial charge in [0.1, 0.15) is 5.75 Å². The highest BCUT2D eigenvalue weighted by atomic mass is 19.3. The molecule has 2 N–H and O–H groups in total. The summed E-state index contributed by atoms with van der Waals surface area (Å²) in [7, 11) is 1.68. The summed E-state index contributed by atoms with van der Waals surface area (Å²) in [5.41, 5.74) is 0.541. The molecular formula is C20H30F2N4O3. The summed E-state index contributed by atoms with van der Waals surface area (Å²) in [5.74, 6) is 1.59. The first kappa shape index (κ1) is 21.4. The highest BCUT2D eigenvalue weighted by molar-refractivity contribution is 5.79. The maximum atomic E-state index is 12.7. The van der Waals surface area contributed by atoms with Crippen molar-refractivity contribution in [3.05, 3.63) is 17.7 Å². The molecule has 0 amide bonds. The molecule has 1 atom stereocenters. The van der Waals surface area contributed by atoms with Crippen LogP contribution in [0.1, 0.15) is 38.2 Å². The van der Waals surface area contributed by atoms with E-state index in [4.69, 9.17) is 9.47 Å². The van der Waals surface area contributed by atoms with E-state index in [2.05, 4.69) is 32.2 Å². The predicted molar refractivity (Wildman–Crippen MR) is 107 cm³/mol. The molecule has 0 spiro atoms. The lowest BCUT2D eigenvalue weighted by Gasteiger charge is -2.33. The molecule has 7 nitrogen and oxygen atoms in total. The lowest BCUT2D eigenvalue weighted by Crippen LogP contribution is -2.41. The van der Waals surface area contributed by atoms with E-state index < -0.39 is 6.61 Å². The third kappa shape index (κ3) is 6.09. The quantitative estimate of drug-likeness (QED) is 0.389. The van der Waals surface area contributed by atoms with Crippen molar-refractivity contribution in [2.75, 3.05) is 33.5 Å². The Labute approximate surface area is 170 Å². The Hall–Kier alpha value is -2.29. The monoisotopic (exact) mass is 412 g/mol. The van der Waals surface area contributed by atoms with E-state index in [9.17, 15) is 8.78 Å². The second-order valence-electron chi connectivity index (χ2n) is 7.28. The van der Waals surface area contributed by atoms with Gasteiger partial charge in [-0.05, 0) is 38.8 Å². The average Bonchev–Trinajstić information content (AvgIpc) is 3.15. The van der Waals surface area contributed by atoms with E-state index in [0.717, 1.165) is 19.5 Å². The number of nitrogens with zero attached hydrogens (tertiary/aromatic N) is 2. The number of ether oxygens (including phenoxy) is 3. The third-order valence-corrected chi connectivity index (χ3v) is 5.30. The summed E-state index contributed by atoms with van der Waals surface area (Å²) in [4.78, 5) is 6.73. The number of piperidine rings is 1. The van der Waals surface area contributed by atoms with Crippen LogP contribution < -0.4 is 24.8 Å². The molecule has 0 aliphatic carbocycles. The zero-order valence-electron chi connectivity index (χ0n) is 17.0. The predicted octanol–water partition coefficient (Wildman–Crippen LogP) is 2.95. The molecule has 2 heterocycles. The van der Waals surface area contributed by atoms with Crippen molar-refractivity contribution in [2.45, 2.75) is 51.8 Å². The zero-order chi connectivity index (χ0) is 20.6. The van der Waals surface area contributed by atoms with Crippen LogP contribution >= 0.6 is 0 Å². The zero-order valence-corrected chi connectivity index (χ0v) is 17.0. The van der Waals surface area contributed by atoms with Crippen molar-refractivity contribution >= 4 is 5.96 Å². The molecule has 0 radical (unpaired) electrons. The number of alkyl halides is 2. The number of benzene rings is 1. The Morgan fingerprint density at radius 3 is 2.79 bits per heavy atom. The maximum Gasteiger partial charge on any atom is 0.387 e. The van der Waals surface area contributed by atoms with E-state index in [1.54, 1.807) is 13.1 Å². The Morgan fingerprint density at radius 1 is 1.28 bits per heavy atom. The van der Waals surface area contributed by atoms with Gasteiger partial charge in [0, 0.05) is 44.4 Å². The van der Waals surface area contributed by atoms with Gasteiger partial charge in [0.15, 0.2) is 17.5 Å². The lowest BCUT2D eigenvalue weighted by atomic mass is 10.0. The first-order valence-electron chi connectivity index (χ1n) is 10.1. The molecule has 0 bridgehead atoms. The van der Waals surface area contributed by atoms with Crippen LogP contribution in [0.5, 0.6) is 17.2 Å². The van der Waals surface area contributed by atoms with E-state index in [1.807, 2.05) is 0 Å². The van der Waals surface area contributed by atoms with Crippen molar-refractivity contribution in [3.63, 3.8) is 0 Å². The molecule has 1 aromatic carbocycles. The van der Waals surface area contributed by atoms with Gasteiger partial charge in [-0.15, -0.1) is 0 Å². The first-order valence-corrected chi connectivity index (χ1v) is 10.1. The third-order valence-electron chi connectivity index (χ3n) is 5.30. The number of nitrogens with one attached hydrogen (secondary N) is 2. The van der Waals surface area contributed by atoms with Crippen LogP contribution in [-0.4, -0.2) is 57.0 Å². The molecule has 2 aliphatic rings. The fourth-order valence-corrected chi connectivity index (χ4v) is 3.69. The van der Waals surface area contributed by atoms with Gasteiger partial charge in [0.25, 0.3) is 0 Å². The van der Waals surface area contributed by atoms with Crippen molar-refractivity contribution in [1.82, 2.24) is 15.5 Å². The summed E-state index contributed by atoms with van der Waals surface area (Å²) in [6.07, 6.45) is 4.88. The molecule has 9 heteroatoms. The highest BCUT2D eigenvalue weighted by Gasteiger charge is 2.20. The average molecular weight is 412 g/mol. The molecule has 1 fully saturated rings. The topological polar surface area (TPSA) is 67.4 Å². The van der Waals surface area contributed by atoms with E-state index in [-0.39, 0.29) is 19.1 Å². The van der Waals surface area contributed by atoms with Crippen molar-refractivity contribution in [1.29, 1.82) is 0 Å². The largest absolute Gasteiger partial charge is 0.454 e. The van der Waals surface area contributed by atoms with Crippen molar-refractivity contribution in [2.24, 2.45) is 4.99 Å². The van der Waals surface area contributed by atoms with Crippen LogP contribution in [-0.2, 0) is 6.54 Å². The van der Waals surface area contributed by atoms with Gasteiger partial charge in [0.05, 0.1) is 0 Å². The normalized spacial score (nSPS) is 19.5. The number of guanidine groups is 1. The Morgan fingerprint density at radius 2 is 2.07 bits per heavy atom. The van der Waals surface area contributed by atoms with Crippen LogP contribution in [0.3, 0.4) is 0 Å². The van der Waals surface area contributed by atoms with Gasteiger partial charge in [-0.3, -0.25) is 4.99 Å². The van der Waals surface area contributed by atoms with Crippen LogP contribution in [0.2, 0.25) is 0 Å². The van der Waals surface area contributed by atoms with Gasteiger partial charge in [-0.25, -0.2) is 0 Å². The van der Waals surface area contributed by atoms with Crippen LogP contribution in [0.4, 0.5) is 8.78 Å². The van der Waals surface area contributed by atoms with Crippen molar-refractivity contribution < 1.29 is 23.0 Å². The van der Waals surface area contributed by atoms with Crippen LogP contribution in [0, 0.1) is 0 Å². The smallest absolute Gasteiger partial charge is 0.387 e. The summed E-state index contributed by atoms with van der Waals surface area (Å²) < 4.78 is 40.7. The Bertz CT molecular complexity index is 703. The number of hydrogen-bond donors (Lipinski definition) is 2. The molecule has 29 heavy (non-hydrogen) atoms. The minimum atomic E-state index is -2.91. The van der Waals surface area contributed by atoms with Crippen molar-refractivity contribution in [3.8, 4) is 17.2 Å². The fourth-order valence-electron chi connectivity index (χ4n) is 3.69. The minimum absolute atomic E-state index is 0.0614. The van der Waals surface area contributed by atoms with Gasteiger partial charge in [-0.2, -0.15) is 8.78 Å². The van der Waals surface area contributed by atoms with Gasteiger partial charge in [0.2, 0.25) is 6.79 Å². The lowest BCUT2D eigenvalue weighted by molar-refractivity contribution is -0.0505. The Balaban J connectivity index is 1.48. The summed E-state index contributed by atoms with van der Waals surface area (Å²) in [6, 6.07) is 3.74. The number of rotatable bonds is 8. The van der Waals surface area contributed by atoms with Gasteiger partial charge >= 0.3 is 6.61 Å². The van der Waals surface area contributed by atoms with Gasteiger partial charge < -0.3 is 29.7 Å². The molecule has 0 aromatic heterocycles. The molecule has 1 saturated heterocycles. The van der Waals surface area contributed by atoms with E-state index in [1.165, 1.54) is 31.9 Å². The van der Waals surface area contributed by atoms with Gasteiger partial charge in [-0.1, -0.05) is 6.42 Å². The molecular weight excluding hydrogens is 382 g/mol. The second kappa shape index (κ2) is 10.5. The number of likely N-dealkylation sites (tertiary alicyclic amines) is 1. The Kier molecular flexibility index (Phi) is 7.74. The molecule has 162 valence electrons. The molecule has 3 rings (SSSR count). The summed E-state index contributed by atoms with van der Waals surface area (Å²) >= 11 is 0. The molecule has 0 saturated carbocycles. The van der Waals surface area contributed by atoms with E-state index in [0.29, 0.717) is 29.1 Å². The number of hydrogen-bond acceptors (Lipinski definition) is 5. The number of fused-ring (bicyclic) bond motifs is 1. The van der Waals surface area contributed by atoms with Crippen LogP contribution in [0.25, 0.3) is 0 Å². The molecule has 2 aliphatic heterocycles. The SMILES string of the molecule is CN=C(NCCCN1CCCCC1C)NCc1cc2c(cc1OC(F)F)OCO2. The molecule has 1 aromatic rings. The highest BCUT2D eigenvalue weighted by Crippen LogP contribution is 2.38. The maximum absolute atomic E-state index is 12.7. The second-order valence-corrected chi connectivity index (χ2v) is 7.28.